The Morgan fingerprint density at radius 3 is 2.50 bits per heavy atom. The first-order valence-corrected chi connectivity index (χ1v) is 8.29. The van der Waals surface area contributed by atoms with Gasteiger partial charge in [0.15, 0.2) is 5.11 Å². The van der Waals surface area contributed by atoms with E-state index < -0.39 is 0 Å². The second-order valence-electron chi connectivity index (χ2n) is 4.27. The fraction of sp³-hybridized carbons (Fsp3) is 0.429. The molecule has 0 aliphatic heterocycles. The van der Waals surface area contributed by atoms with Crippen LogP contribution in [0.4, 0.5) is 0 Å². The number of benzene rings is 1. The molecule has 1 amide bonds. The van der Waals surface area contributed by atoms with Crippen molar-refractivity contribution in [1.82, 2.24) is 16.2 Å². The van der Waals surface area contributed by atoms with Crippen molar-refractivity contribution in [1.29, 1.82) is 0 Å². The first kappa shape index (κ1) is 16.8. The lowest BCUT2D eigenvalue weighted by atomic mass is 10.2. The Morgan fingerprint density at radius 1 is 1.20 bits per heavy atom. The maximum atomic E-state index is 11.9. The fourth-order valence-corrected chi connectivity index (χ4v) is 2.11. The zero-order chi connectivity index (χ0) is 14.8. The zero-order valence-corrected chi connectivity index (χ0v) is 13.5. The largest absolute Gasteiger partial charge is 0.361 e. The molecule has 0 bridgehead atoms. The maximum Gasteiger partial charge on any atom is 0.269 e. The van der Waals surface area contributed by atoms with Crippen LogP contribution in [0.25, 0.3) is 0 Å². The number of amides is 1. The number of thiocarbonyl (C=S) groups is 1. The smallest absolute Gasteiger partial charge is 0.269 e. The molecule has 0 aliphatic carbocycles. The molecule has 0 radical (unpaired) electrons. The summed E-state index contributed by atoms with van der Waals surface area (Å²) in [5, 5.41) is 3.48. The van der Waals surface area contributed by atoms with Crippen LogP contribution >= 0.6 is 24.0 Å². The molecule has 0 saturated heterocycles. The predicted octanol–water partition coefficient (Wildman–Crippen LogP) is 2.71. The predicted molar refractivity (Wildman–Crippen MR) is 89.0 cm³/mol. The van der Waals surface area contributed by atoms with E-state index in [9.17, 15) is 4.79 Å². The van der Waals surface area contributed by atoms with Crippen molar-refractivity contribution < 1.29 is 4.79 Å². The Morgan fingerprint density at radius 2 is 1.90 bits per heavy atom. The van der Waals surface area contributed by atoms with Crippen molar-refractivity contribution in [2.75, 3.05) is 12.8 Å². The normalized spacial score (nSPS) is 9.90. The van der Waals surface area contributed by atoms with Gasteiger partial charge in [0, 0.05) is 17.0 Å². The van der Waals surface area contributed by atoms with Crippen LogP contribution in [-0.4, -0.2) is 23.8 Å². The van der Waals surface area contributed by atoms with Crippen LogP contribution in [0.2, 0.25) is 0 Å². The first-order chi connectivity index (χ1) is 9.67. The number of thioether (sulfide) groups is 1. The average Bonchev–Trinajstić information content (AvgIpc) is 2.49. The summed E-state index contributed by atoms with van der Waals surface area (Å²) in [5.41, 5.74) is 5.88. The third-order valence-electron chi connectivity index (χ3n) is 2.71. The van der Waals surface area contributed by atoms with Crippen LogP contribution in [0.15, 0.2) is 29.2 Å². The number of hydrogen-bond donors (Lipinski definition) is 3. The van der Waals surface area contributed by atoms with Crippen LogP contribution in [0, 0.1) is 0 Å². The number of hydrazine groups is 1. The van der Waals surface area contributed by atoms with Gasteiger partial charge in [0.2, 0.25) is 0 Å². The third kappa shape index (κ3) is 6.25. The molecular formula is C14H21N3OS2. The molecule has 1 rings (SSSR count). The second kappa shape index (κ2) is 9.61. The van der Waals surface area contributed by atoms with E-state index >= 15 is 0 Å². The Balaban J connectivity index is 2.29. The summed E-state index contributed by atoms with van der Waals surface area (Å²) in [6.45, 7) is 2.97. The van der Waals surface area contributed by atoms with Gasteiger partial charge in [-0.15, -0.1) is 11.8 Å². The van der Waals surface area contributed by atoms with Crippen LogP contribution < -0.4 is 16.2 Å². The SMILES string of the molecule is CCCCCNC(=S)NNC(=O)c1ccc(SC)cc1. The van der Waals surface area contributed by atoms with Crippen molar-refractivity contribution in [3.8, 4) is 0 Å². The van der Waals surface area contributed by atoms with Crippen molar-refractivity contribution in [2.45, 2.75) is 31.1 Å². The minimum atomic E-state index is -0.199. The summed E-state index contributed by atoms with van der Waals surface area (Å²) in [7, 11) is 0. The molecule has 3 N–H and O–H groups in total. The number of unbranched alkanes of at least 4 members (excludes halogenated alkanes) is 2. The monoisotopic (exact) mass is 311 g/mol. The molecule has 0 fully saturated rings. The number of rotatable bonds is 6. The highest BCUT2D eigenvalue weighted by atomic mass is 32.2. The van der Waals surface area contributed by atoms with Crippen LogP contribution in [0.3, 0.4) is 0 Å². The summed E-state index contributed by atoms with van der Waals surface area (Å²) < 4.78 is 0. The molecule has 0 unspecified atom stereocenters. The molecule has 0 aliphatic rings. The topological polar surface area (TPSA) is 53.2 Å². The Labute approximate surface area is 130 Å². The molecule has 1 aromatic carbocycles. The van der Waals surface area contributed by atoms with Gasteiger partial charge in [0.25, 0.3) is 5.91 Å². The quantitative estimate of drug-likeness (QED) is 0.326. The summed E-state index contributed by atoms with van der Waals surface area (Å²) in [6.07, 6.45) is 5.41. The molecule has 6 heteroatoms. The molecule has 0 spiro atoms. The Hall–Kier alpha value is -1.27. The summed E-state index contributed by atoms with van der Waals surface area (Å²) in [6, 6.07) is 7.42. The van der Waals surface area contributed by atoms with Gasteiger partial charge in [-0.3, -0.25) is 15.6 Å². The highest BCUT2D eigenvalue weighted by Crippen LogP contribution is 2.14. The van der Waals surface area contributed by atoms with Gasteiger partial charge in [-0.1, -0.05) is 19.8 Å². The van der Waals surface area contributed by atoms with E-state index in [0.717, 1.165) is 17.9 Å². The number of hydrogen-bond acceptors (Lipinski definition) is 3. The second-order valence-corrected chi connectivity index (χ2v) is 5.56. The van der Waals surface area contributed by atoms with Gasteiger partial charge in [-0.2, -0.15) is 0 Å². The maximum absolute atomic E-state index is 11.9. The lowest BCUT2D eigenvalue weighted by Gasteiger charge is -2.11. The molecule has 1 aromatic rings. The Bertz CT molecular complexity index is 435. The van der Waals surface area contributed by atoms with Crippen LogP contribution in [0.1, 0.15) is 36.5 Å². The zero-order valence-electron chi connectivity index (χ0n) is 11.9. The minimum absolute atomic E-state index is 0.199. The molecular weight excluding hydrogens is 290 g/mol. The molecule has 110 valence electrons. The summed E-state index contributed by atoms with van der Waals surface area (Å²) in [5.74, 6) is -0.199. The molecule has 0 atom stereocenters. The van der Waals surface area contributed by atoms with Crippen LogP contribution in [0.5, 0.6) is 0 Å². The van der Waals surface area contributed by atoms with Gasteiger partial charge in [-0.05, 0) is 49.2 Å². The molecule has 0 aromatic heterocycles. The summed E-state index contributed by atoms with van der Waals surface area (Å²) in [4.78, 5) is 13.0. The van der Waals surface area contributed by atoms with E-state index in [1.807, 2.05) is 18.4 Å². The van der Waals surface area contributed by atoms with E-state index in [2.05, 4.69) is 23.1 Å². The van der Waals surface area contributed by atoms with Gasteiger partial charge in [0.1, 0.15) is 0 Å². The lowest BCUT2D eigenvalue weighted by molar-refractivity contribution is 0.0943. The highest BCUT2D eigenvalue weighted by Gasteiger charge is 2.05. The first-order valence-electron chi connectivity index (χ1n) is 6.65. The Kier molecular flexibility index (Phi) is 8.06. The van der Waals surface area contributed by atoms with E-state index in [4.69, 9.17) is 12.2 Å². The van der Waals surface area contributed by atoms with Gasteiger partial charge in [-0.25, -0.2) is 0 Å². The van der Waals surface area contributed by atoms with Gasteiger partial charge < -0.3 is 5.32 Å². The van der Waals surface area contributed by atoms with E-state index in [1.54, 1.807) is 23.9 Å². The van der Waals surface area contributed by atoms with Gasteiger partial charge >= 0.3 is 0 Å². The summed E-state index contributed by atoms with van der Waals surface area (Å²) >= 11 is 6.71. The molecule has 20 heavy (non-hydrogen) atoms. The highest BCUT2D eigenvalue weighted by molar-refractivity contribution is 7.98. The lowest BCUT2D eigenvalue weighted by Crippen LogP contribution is -2.46. The molecule has 0 saturated carbocycles. The third-order valence-corrected chi connectivity index (χ3v) is 3.70. The molecule has 0 heterocycles. The van der Waals surface area contributed by atoms with E-state index in [-0.39, 0.29) is 5.91 Å². The van der Waals surface area contributed by atoms with Crippen molar-refractivity contribution >= 4 is 35.0 Å². The average molecular weight is 311 g/mol. The number of carbonyl (C=O) groups excluding carboxylic acids is 1. The fourth-order valence-electron chi connectivity index (χ4n) is 1.55. The van der Waals surface area contributed by atoms with Crippen molar-refractivity contribution in [3.05, 3.63) is 29.8 Å². The molecule has 4 nitrogen and oxygen atoms in total. The van der Waals surface area contributed by atoms with E-state index in [1.165, 1.54) is 12.8 Å². The standard InChI is InChI=1S/C14H21N3OS2/c1-3-4-5-10-15-14(19)17-16-13(18)11-6-8-12(20-2)9-7-11/h6-9H,3-5,10H2,1-2H3,(H,16,18)(H2,15,17,19). The number of carbonyl (C=O) groups is 1. The number of nitrogens with one attached hydrogen (secondary N) is 3. The van der Waals surface area contributed by atoms with Crippen molar-refractivity contribution in [2.24, 2.45) is 0 Å². The van der Waals surface area contributed by atoms with Crippen molar-refractivity contribution in [3.63, 3.8) is 0 Å². The van der Waals surface area contributed by atoms with Gasteiger partial charge in [0.05, 0.1) is 0 Å². The van der Waals surface area contributed by atoms with Crippen LogP contribution in [-0.2, 0) is 0 Å². The van der Waals surface area contributed by atoms with E-state index in [0.29, 0.717) is 10.7 Å². The minimum Gasteiger partial charge on any atom is -0.361 e.